The first kappa shape index (κ1) is 25.9. The standard InChI is InChI=1S/C23H27N3O6S/c1-16(21(28)26-23(30)25-14-17-8-4-3-5-9-17)32-22(29)18-10-6-7-11-19(18)33-15-20(27)24-12-13-31-2/h3-11,16H,12-15H2,1-2H3,(H,24,27)(H2,25,26,28,30). The van der Waals surface area contributed by atoms with Crippen LogP contribution in [0.2, 0.25) is 0 Å². The van der Waals surface area contributed by atoms with Crippen LogP contribution in [0.15, 0.2) is 59.5 Å². The van der Waals surface area contributed by atoms with E-state index in [9.17, 15) is 19.2 Å². The Balaban J connectivity index is 1.84. The summed E-state index contributed by atoms with van der Waals surface area (Å²) in [6, 6.07) is 15.1. The molecule has 176 valence electrons. The van der Waals surface area contributed by atoms with E-state index >= 15 is 0 Å². The summed E-state index contributed by atoms with van der Waals surface area (Å²) in [5, 5.41) is 7.41. The van der Waals surface area contributed by atoms with Crippen LogP contribution in [-0.2, 0) is 25.6 Å². The van der Waals surface area contributed by atoms with Crippen molar-refractivity contribution in [2.24, 2.45) is 0 Å². The number of thioether (sulfide) groups is 1. The van der Waals surface area contributed by atoms with E-state index in [0.29, 0.717) is 18.0 Å². The molecule has 9 nitrogen and oxygen atoms in total. The molecule has 2 aromatic carbocycles. The summed E-state index contributed by atoms with van der Waals surface area (Å²) >= 11 is 1.17. The lowest BCUT2D eigenvalue weighted by atomic mass is 10.2. The van der Waals surface area contributed by atoms with E-state index < -0.39 is 24.0 Å². The second-order valence-electron chi connectivity index (χ2n) is 6.83. The molecular weight excluding hydrogens is 446 g/mol. The van der Waals surface area contributed by atoms with E-state index in [1.165, 1.54) is 18.7 Å². The number of carbonyl (C=O) groups excluding carboxylic acids is 4. The molecule has 1 atom stereocenters. The van der Waals surface area contributed by atoms with Gasteiger partial charge in [0.1, 0.15) is 0 Å². The van der Waals surface area contributed by atoms with Crippen LogP contribution in [0, 0.1) is 0 Å². The lowest BCUT2D eigenvalue weighted by Gasteiger charge is -2.15. The van der Waals surface area contributed by atoms with Gasteiger partial charge in [0.15, 0.2) is 6.10 Å². The van der Waals surface area contributed by atoms with E-state index in [0.717, 1.165) is 5.56 Å². The van der Waals surface area contributed by atoms with Gasteiger partial charge in [-0.2, -0.15) is 0 Å². The molecule has 0 spiro atoms. The number of nitrogens with one attached hydrogen (secondary N) is 3. The zero-order chi connectivity index (χ0) is 24.1. The van der Waals surface area contributed by atoms with Crippen molar-refractivity contribution in [2.45, 2.75) is 24.5 Å². The lowest BCUT2D eigenvalue weighted by molar-refractivity contribution is -0.128. The van der Waals surface area contributed by atoms with Gasteiger partial charge >= 0.3 is 12.0 Å². The first-order valence-corrected chi connectivity index (χ1v) is 11.2. The molecule has 3 N–H and O–H groups in total. The van der Waals surface area contributed by atoms with Crippen molar-refractivity contribution < 1.29 is 28.7 Å². The zero-order valence-electron chi connectivity index (χ0n) is 18.5. The molecule has 0 radical (unpaired) electrons. The maximum absolute atomic E-state index is 12.6. The highest BCUT2D eigenvalue weighted by molar-refractivity contribution is 8.00. The third-order valence-corrected chi connectivity index (χ3v) is 5.35. The highest BCUT2D eigenvalue weighted by atomic mass is 32.2. The average molecular weight is 474 g/mol. The Morgan fingerprint density at radius 3 is 2.39 bits per heavy atom. The summed E-state index contributed by atoms with van der Waals surface area (Å²) in [6.45, 7) is 2.42. The summed E-state index contributed by atoms with van der Waals surface area (Å²) in [5.74, 6) is -1.58. The van der Waals surface area contributed by atoms with Crippen LogP contribution in [0.25, 0.3) is 0 Å². The first-order valence-electron chi connectivity index (χ1n) is 10.2. The van der Waals surface area contributed by atoms with Gasteiger partial charge in [-0.3, -0.25) is 14.9 Å². The Labute approximate surface area is 196 Å². The third kappa shape index (κ3) is 9.34. The minimum Gasteiger partial charge on any atom is -0.449 e. The second kappa shape index (κ2) is 13.9. The molecule has 0 bridgehead atoms. The quantitative estimate of drug-likeness (QED) is 0.259. The van der Waals surface area contributed by atoms with Crippen LogP contribution in [0.1, 0.15) is 22.8 Å². The van der Waals surface area contributed by atoms with E-state index in [-0.39, 0.29) is 23.8 Å². The zero-order valence-corrected chi connectivity index (χ0v) is 19.3. The van der Waals surface area contributed by atoms with E-state index in [1.54, 1.807) is 31.4 Å². The van der Waals surface area contributed by atoms with Crippen LogP contribution in [0.4, 0.5) is 4.79 Å². The van der Waals surface area contributed by atoms with Gasteiger partial charge in [-0.05, 0) is 24.6 Å². The minimum absolute atomic E-state index is 0.103. The molecule has 0 aliphatic heterocycles. The van der Waals surface area contributed by atoms with Gasteiger partial charge in [0.05, 0.1) is 17.9 Å². The highest BCUT2D eigenvalue weighted by Crippen LogP contribution is 2.23. The number of hydrogen-bond donors (Lipinski definition) is 3. The Morgan fingerprint density at radius 2 is 1.67 bits per heavy atom. The highest BCUT2D eigenvalue weighted by Gasteiger charge is 2.22. The molecule has 0 heterocycles. The summed E-state index contributed by atoms with van der Waals surface area (Å²) in [4.78, 5) is 49.2. The van der Waals surface area contributed by atoms with Crippen molar-refractivity contribution in [3.63, 3.8) is 0 Å². The number of imide groups is 1. The minimum atomic E-state index is -1.20. The van der Waals surface area contributed by atoms with Crippen molar-refractivity contribution in [1.82, 2.24) is 16.0 Å². The number of methoxy groups -OCH3 is 1. The van der Waals surface area contributed by atoms with Gasteiger partial charge in [-0.1, -0.05) is 42.5 Å². The number of esters is 1. The molecule has 0 saturated heterocycles. The van der Waals surface area contributed by atoms with Crippen molar-refractivity contribution in [3.8, 4) is 0 Å². The molecule has 0 aliphatic rings. The molecule has 10 heteroatoms. The molecule has 0 fully saturated rings. The maximum atomic E-state index is 12.6. The Morgan fingerprint density at radius 1 is 0.970 bits per heavy atom. The van der Waals surface area contributed by atoms with Crippen LogP contribution in [0.5, 0.6) is 0 Å². The SMILES string of the molecule is COCCNC(=O)CSc1ccccc1C(=O)OC(C)C(=O)NC(=O)NCc1ccccc1. The lowest BCUT2D eigenvalue weighted by Crippen LogP contribution is -2.44. The number of benzene rings is 2. The topological polar surface area (TPSA) is 123 Å². The van der Waals surface area contributed by atoms with Gasteiger partial charge in [0, 0.05) is 25.1 Å². The predicted octanol–water partition coefficient (Wildman–Crippen LogP) is 2.11. The second-order valence-corrected chi connectivity index (χ2v) is 7.85. The van der Waals surface area contributed by atoms with Gasteiger partial charge < -0.3 is 20.1 Å². The summed E-state index contributed by atoms with van der Waals surface area (Å²) in [7, 11) is 1.54. The van der Waals surface area contributed by atoms with Crippen LogP contribution < -0.4 is 16.0 Å². The molecule has 2 aromatic rings. The normalized spacial score (nSPS) is 11.2. The smallest absolute Gasteiger partial charge is 0.340 e. The number of carbonyl (C=O) groups is 4. The fourth-order valence-electron chi connectivity index (χ4n) is 2.56. The molecular formula is C23H27N3O6S. The van der Waals surface area contributed by atoms with Gasteiger partial charge in [0.2, 0.25) is 5.91 Å². The predicted molar refractivity (Wildman–Crippen MR) is 124 cm³/mol. The molecule has 0 saturated carbocycles. The summed E-state index contributed by atoms with van der Waals surface area (Å²) in [6.07, 6.45) is -1.20. The van der Waals surface area contributed by atoms with Gasteiger partial charge in [0.25, 0.3) is 5.91 Å². The fraction of sp³-hybridized carbons (Fsp3) is 0.304. The van der Waals surface area contributed by atoms with Crippen molar-refractivity contribution in [1.29, 1.82) is 0 Å². The summed E-state index contributed by atoms with van der Waals surface area (Å²) < 4.78 is 10.1. The fourth-order valence-corrected chi connectivity index (χ4v) is 3.43. The van der Waals surface area contributed by atoms with Crippen molar-refractivity contribution >= 4 is 35.6 Å². The Hall–Kier alpha value is -3.37. The van der Waals surface area contributed by atoms with Crippen molar-refractivity contribution in [2.75, 3.05) is 26.0 Å². The Bertz CT molecular complexity index is 954. The van der Waals surface area contributed by atoms with E-state index in [4.69, 9.17) is 9.47 Å². The average Bonchev–Trinajstić information content (AvgIpc) is 2.82. The van der Waals surface area contributed by atoms with Crippen LogP contribution >= 0.6 is 11.8 Å². The molecule has 2 rings (SSSR count). The molecule has 1 unspecified atom stereocenters. The van der Waals surface area contributed by atoms with Crippen LogP contribution in [0.3, 0.4) is 0 Å². The third-order valence-electron chi connectivity index (χ3n) is 4.28. The molecule has 33 heavy (non-hydrogen) atoms. The largest absolute Gasteiger partial charge is 0.449 e. The number of amides is 4. The molecule has 4 amide bonds. The molecule has 0 aliphatic carbocycles. The van der Waals surface area contributed by atoms with Gasteiger partial charge in [-0.15, -0.1) is 11.8 Å². The monoisotopic (exact) mass is 473 g/mol. The Kier molecular flexibility index (Phi) is 10.9. The maximum Gasteiger partial charge on any atom is 0.340 e. The number of hydrogen-bond acceptors (Lipinski definition) is 7. The van der Waals surface area contributed by atoms with Gasteiger partial charge in [-0.25, -0.2) is 9.59 Å². The number of urea groups is 1. The van der Waals surface area contributed by atoms with E-state index in [2.05, 4.69) is 16.0 Å². The van der Waals surface area contributed by atoms with Crippen LogP contribution in [-0.4, -0.2) is 55.9 Å². The number of ether oxygens (including phenoxy) is 2. The molecule has 0 aromatic heterocycles. The first-order chi connectivity index (χ1) is 15.9. The van der Waals surface area contributed by atoms with E-state index in [1.807, 2.05) is 30.3 Å². The van der Waals surface area contributed by atoms with Crippen molar-refractivity contribution in [3.05, 3.63) is 65.7 Å². The number of rotatable bonds is 11. The summed E-state index contributed by atoms with van der Waals surface area (Å²) in [5.41, 5.74) is 1.10.